The van der Waals surface area contributed by atoms with Crippen molar-refractivity contribution in [2.24, 2.45) is 0 Å². The van der Waals surface area contributed by atoms with E-state index in [2.05, 4.69) is 29.8 Å². The summed E-state index contributed by atoms with van der Waals surface area (Å²) in [7, 11) is 0. The number of carbonyl (C=O) groups excluding carboxylic acids is 1. The molecule has 4 nitrogen and oxygen atoms in total. The first-order valence-corrected chi connectivity index (χ1v) is 12.0. The number of para-hydroxylation sites is 1. The van der Waals surface area contributed by atoms with Gasteiger partial charge in [-0.25, -0.2) is 0 Å². The first-order chi connectivity index (χ1) is 12.5. The van der Waals surface area contributed by atoms with Crippen molar-refractivity contribution in [2.45, 2.75) is 39.1 Å². The quantitative estimate of drug-likeness (QED) is 0.469. The van der Waals surface area contributed by atoms with Crippen molar-refractivity contribution in [1.29, 1.82) is 0 Å². The van der Waals surface area contributed by atoms with Crippen molar-refractivity contribution >= 4 is 58.2 Å². The van der Waals surface area contributed by atoms with Gasteiger partial charge in [-0.1, -0.05) is 66.1 Å². The molecule has 1 aromatic carbocycles. The van der Waals surface area contributed by atoms with Crippen molar-refractivity contribution in [3.05, 3.63) is 36.4 Å². The van der Waals surface area contributed by atoms with E-state index in [1.807, 2.05) is 41.8 Å². The number of rotatable bonds is 6. The van der Waals surface area contributed by atoms with Crippen molar-refractivity contribution in [1.82, 2.24) is 10.2 Å². The van der Waals surface area contributed by atoms with Gasteiger partial charge >= 0.3 is 0 Å². The molecule has 0 unspecified atom stereocenters. The fraction of sp³-hybridized carbons (Fsp3) is 0.389. The number of nitrogens with zero attached hydrogens (tertiary/aromatic N) is 3. The van der Waals surface area contributed by atoms with Gasteiger partial charge in [0.15, 0.2) is 8.68 Å². The van der Waals surface area contributed by atoms with E-state index in [9.17, 15) is 4.79 Å². The predicted octanol–water partition coefficient (Wildman–Crippen LogP) is 5.22. The molecular weight excluding hydrogens is 402 g/mol. The van der Waals surface area contributed by atoms with E-state index in [0.717, 1.165) is 38.7 Å². The summed E-state index contributed by atoms with van der Waals surface area (Å²) in [5.74, 6) is 1.36. The van der Waals surface area contributed by atoms with Gasteiger partial charge in [0.2, 0.25) is 5.91 Å². The van der Waals surface area contributed by atoms with Gasteiger partial charge in [0.25, 0.3) is 0 Å². The monoisotopic (exact) mass is 423 g/mol. The lowest BCUT2D eigenvalue weighted by Crippen LogP contribution is -2.33. The zero-order valence-corrected chi connectivity index (χ0v) is 18.1. The maximum absolute atomic E-state index is 12.9. The van der Waals surface area contributed by atoms with Crippen molar-refractivity contribution in [2.75, 3.05) is 23.0 Å². The number of hydrogen-bond acceptors (Lipinski definition) is 7. The van der Waals surface area contributed by atoms with Crippen LogP contribution in [0.3, 0.4) is 0 Å². The Kier molecular flexibility index (Phi) is 7.08. The van der Waals surface area contributed by atoms with Crippen LogP contribution in [-0.4, -0.2) is 39.4 Å². The summed E-state index contributed by atoms with van der Waals surface area (Å²) in [6, 6.07) is 8.18. The number of anilines is 1. The third-order valence-corrected chi connectivity index (χ3v) is 8.34. The van der Waals surface area contributed by atoms with Crippen LogP contribution < -0.4 is 4.90 Å². The molecule has 0 spiro atoms. The van der Waals surface area contributed by atoms with Gasteiger partial charge in [-0.05, 0) is 25.5 Å². The van der Waals surface area contributed by atoms with Crippen LogP contribution in [0, 0.1) is 0 Å². The number of carbonyl (C=O) groups is 1. The molecule has 0 fully saturated rings. The molecule has 1 aliphatic heterocycles. The first kappa shape index (κ1) is 19.8. The second-order valence-corrected chi connectivity index (χ2v) is 11.0. The molecule has 0 bridgehead atoms. The molecule has 1 amide bonds. The van der Waals surface area contributed by atoms with Crippen LogP contribution in [-0.2, 0) is 4.79 Å². The number of thioether (sulfide) groups is 3. The topological polar surface area (TPSA) is 46.1 Å². The number of amides is 1. The number of hydrogen-bond donors (Lipinski definition) is 0. The maximum Gasteiger partial charge on any atom is 0.237 e. The predicted molar refractivity (Wildman–Crippen MR) is 115 cm³/mol. The molecule has 1 aromatic heterocycles. The van der Waals surface area contributed by atoms with Crippen LogP contribution in [0.4, 0.5) is 5.69 Å². The molecule has 0 saturated heterocycles. The van der Waals surface area contributed by atoms with E-state index in [-0.39, 0.29) is 5.91 Å². The Morgan fingerprint density at radius 2 is 1.96 bits per heavy atom. The number of fused-ring (bicyclic) bond motifs is 1. The van der Waals surface area contributed by atoms with Gasteiger partial charge in [-0.2, -0.15) is 0 Å². The highest BCUT2D eigenvalue weighted by molar-refractivity contribution is 8.03. The molecule has 0 radical (unpaired) electrons. The van der Waals surface area contributed by atoms with Crippen LogP contribution in [0.25, 0.3) is 0 Å². The Bertz CT molecular complexity index is 792. The van der Waals surface area contributed by atoms with Gasteiger partial charge in [-0.15, -0.1) is 22.0 Å². The first-order valence-electron chi connectivity index (χ1n) is 8.32. The van der Waals surface area contributed by atoms with Gasteiger partial charge < -0.3 is 4.90 Å². The molecule has 0 saturated carbocycles. The van der Waals surface area contributed by atoms with E-state index in [4.69, 9.17) is 0 Å². The highest BCUT2D eigenvalue weighted by atomic mass is 32.2. The molecule has 2 aromatic rings. The average Bonchev–Trinajstić information content (AvgIpc) is 3.00. The van der Waals surface area contributed by atoms with Gasteiger partial charge in [0.05, 0.1) is 11.4 Å². The Morgan fingerprint density at radius 1 is 1.27 bits per heavy atom. The molecule has 1 atom stereocenters. The van der Waals surface area contributed by atoms with E-state index in [1.54, 1.807) is 23.1 Å². The van der Waals surface area contributed by atoms with Crippen LogP contribution >= 0.6 is 46.6 Å². The van der Waals surface area contributed by atoms with E-state index in [0.29, 0.717) is 11.0 Å². The summed E-state index contributed by atoms with van der Waals surface area (Å²) in [5.41, 5.74) is 2.14. The van der Waals surface area contributed by atoms with Crippen molar-refractivity contribution in [3.8, 4) is 0 Å². The third-order valence-electron chi connectivity index (χ3n) is 3.69. The summed E-state index contributed by atoms with van der Waals surface area (Å²) in [4.78, 5) is 16.0. The largest absolute Gasteiger partial charge is 0.311 e. The summed E-state index contributed by atoms with van der Waals surface area (Å²) >= 11 is 6.50. The lowest BCUT2D eigenvalue weighted by atomic mass is 10.2. The number of benzene rings is 1. The fourth-order valence-corrected chi connectivity index (χ4v) is 6.30. The van der Waals surface area contributed by atoms with Crippen LogP contribution in [0.15, 0.2) is 50.0 Å². The van der Waals surface area contributed by atoms with Crippen molar-refractivity contribution < 1.29 is 4.79 Å². The number of aromatic nitrogens is 2. The van der Waals surface area contributed by atoms with E-state index < -0.39 is 0 Å². The van der Waals surface area contributed by atoms with Gasteiger partial charge in [0.1, 0.15) is 0 Å². The third kappa shape index (κ3) is 5.28. The Balaban J connectivity index is 1.62. The standard InChI is InChI=1S/C18H21N3OS4/c1-12(2)10-23-17-19-20-18(26-17)24-11-16(22)21-9-8-13(3)25-15-7-5-4-6-14(15)21/h4-7,13H,1,8-11H2,2-3H3/t13-/m1/s1. The minimum absolute atomic E-state index is 0.128. The minimum atomic E-state index is 0.128. The lowest BCUT2D eigenvalue weighted by molar-refractivity contribution is -0.116. The molecule has 26 heavy (non-hydrogen) atoms. The van der Waals surface area contributed by atoms with Crippen molar-refractivity contribution in [3.63, 3.8) is 0 Å². The van der Waals surface area contributed by atoms with Gasteiger partial charge in [-0.3, -0.25) is 4.79 Å². The van der Waals surface area contributed by atoms with Crippen LogP contribution in [0.2, 0.25) is 0 Å². The van der Waals surface area contributed by atoms with Gasteiger partial charge in [0, 0.05) is 22.4 Å². The Morgan fingerprint density at radius 3 is 2.69 bits per heavy atom. The molecule has 8 heteroatoms. The second-order valence-electron chi connectivity index (χ2n) is 6.10. The fourth-order valence-electron chi connectivity index (χ4n) is 2.45. The zero-order valence-electron chi connectivity index (χ0n) is 14.8. The Hall–Kier alpha value is -0.960. The molecule has 1 aliphatic rings. The molecule has 138 valence electrons. The average molecular weight is 424 g/mol. The summed E-state index contributed by atoms with van der Waals surface area (Å²) in [6.45, 7) is 8.88. The summed E-state index contributed by atoms with van der Waals surface area (Å²) in [6.07, 6.45) is 0.996. The van der Waals surface area contributed by atoms with E-state index >= 15 is 0 Å². The Labute approximate surface area is 171 Å². The molecule has 0 N–H and O–H groups in total. The maximum atomic E-state index is 12.9. The highest BCUT2D eigenvalue weighted by Crippen LogP contribution is 2.38. The zero-order chi connectivity index (χ0) is 18.5. The molecule has 3 rings (SSSR count). The lowest BCUT2D eigenvalue weighted by Gasteiger charge is -2.22. The van der Waals surface area contributed by atoms with Crippen LogP contribution in [0.5, 0.6) is 0 Å². The second kappa shape index (κ2) is 9.30. The summed E-state index contributed by atoms with van der Waals surface area (Å²) in [5, 5.41) is 8.88. The normalized spacial score (nSPS) is 16.8. The highest BCUT2D eigenvalue weighted by Gasteiger charge is 2.24. The molecule has 2 heterocycles. The molecular formula is C18H21N3OS4. The van der Waals surface area contributed by atoms with Crippen LogP contribution in [0.1, 0.15) is 20.3 Å². The summed E-state index contributed by atoms with van der Waals surface area (Å²) < 4.78 is 1.77. The minimum Gasteiger partial charge on any atom is -0.311 e. The molecule has 0 aliphatic carbocycles. The SMILES string of the molecule is C=C(C)CSc1nnc(SCC(=O)N2CC[C@@H](C)Sc3ccccc32)s1. The smallest absolute Gasteiger partial charge is 0.237 e. The van der Waals surface area contributed by atoms with E-state index in [1.165, 1.54) is 16.7 Å².